The van der Waals surface area contributed by atoms with E-state index in [0.29, 0.717) is 24.0 Å². The second kappa shape index (κ2) is 8.35. The largest absolute Gasteiger partial charge is 0.302 e. The van der Waals surface area contributed by atoms with Gasteiger partial charge >= 0.3 is 0 Å². The van der Waals surface area contributed by atoms with E-state index in [1.807, 2.05) is 19.1 Å². The molecule has 7 nitrogen and oxygen atoms in total. The van der Waals surface area contributed by atoms with Gasteiger partial charge in [0.1, 0.15) is 5.52 Å². The number of nitrogens with zero attached hydrogens (tertiary/aromatic N) is 3. The number of fused-ring (bicyclic) bond motifs is 3. The highest BCUT2D eigenvalue weighted by atomic mass is 32.2. The molecule has 1 N–H and O–H groups in total. The fourth-order valence-electron chi connectivity index (χ4n) is 3.89. The Balaban J connectivity index is 1.27. The van der Waals surface area contributed by atoms with Gasteiger partial charge in [-0.1, -0.05) is 11.3 Å². The third kappa shape index (κ3) is 4.12. The first-order valence-electron chi connectivity index (χ1n) is 10.1. The number of thiazole rings is 2. The molecule has 3 heterocycles. The Kier molecular flexibility index (Phi) is 5.63. The summed E-state index contributed by atoms with van der Waals surface area (Å²) in [6.07, 6.45) is 0.629. The summed E-state index contributed by atoms with van der Waals surface area (Å²) in [4.78, 5) is 21.6. The Morgan fingerprint density at radius 1 is 1.09 bits per heavy atom. The van der Waals surface area contributed by atoms with Crippen molar-refractivity contribution in [3.05, 3.63) is 47.0 Å². The Labute approximate surface area is 196 Å². The Bertz CT molecular complexity index is 1490. The maximum Gasteiger partial charge on any atom is 0.243 e. The molecule has 0 radical (unpaired) electrons. The van der Waals surface area contributed by atoms with E-state index in [1.54, 1.807) is 11.3 Å². The van der Waals surface area contributed by atoms with Gasteiger partial charge in [0.15, 0.2) is 16.8 Å². The van der Waals surface area contributed by atoms with E-state index in [2.05, 4.69) is 15.3 Å². The van der Waals surface area contributed by atoms with E-state index in [1.165, 1.54) is 15.6 Å². The van der Waals surface area contributed by atoms with Crippen molar-refractivity contribution in [3.8, 4) is 0 Å². The van der Waals surface area contributed by atoms with E-state index >= 15 is 0 Å². The van der Waals surface area contributed by atoms with Crippen molar-refractivity contribution in [1.82, 2.24) is 14.3 Å². The number of nitrogens with one attached hydrogen (secondary N) is 1. The van der Waals surface area contributed by atoms with Gasteiger partial charge in [0.25, 0.3) is 0 Å². The Morgan fingerprint density at radius 3 is 2.58 bits per heavy atom. The fourth-order valence-corrected chi connectivity index (χ4v) is 7.24. The van der Waals surface area contributed by atoms with E-state index in [-0.39, 0.29) is 29.8 Å². The summed E-state index contributed by atoms with van der Waals surface area (Å²) in [5, 5.41) is 4.29. The molecule has 2 aromatic carbocycles. The van der Waals surface area contributed by atoms with E-state index in [9.17, 15) is 22.0 Å². The average Bonchev–Trinajstić information content (AvgIpc) is 3.37. The zero-order valence-corrected chi connectivity index (χ0v) is 19.8. The lowest BCUT2D eigenvalue weighted by Gasteiger charge is -2.30. The number of carbonyl (C=O) groups is 1. The molecule has 4 aromatic rings. The number of sulfonamides is 1. The molecular formula is C21H18F2N4O3S3. The first-order chi connectivity index (χ1) is 15.7. The molecule has 1 fully saturated rings. The lowest BCUT2D eigenvalue weighted by atomic mass is 9.97. The number of piperidine rings is 1. The molecular weight excluding hydrogens is 490 g/mol. The smallest absolute Gasteiger partial charge is 0.243 e. The number of aromatic nitrogens is 2. The summed E-state index contributed by atoms with van der Waals surface area (Å²) in [6, 6.07) is 6.39. The molecule has 0 atom stereocenters. The number of hydrogen-bond donors (Lipinski definition) is 1. The maximum absolute atomic E-state index is 13.5. The molecule has 0 unspecified atom stereocenters. The minimum Gasteiger partial charge on any atom is -0.302 e. The number of rotatable bonds is 4. The zero-order valence-electron chi connectivity index (χ0n) is 17.3. The van der Waals surface area contributed by atoms with Gasteiger partial charge in [-0.3, -0.25) is 4.79 Å². The van der Waals surface area contributed by atoms with Crippen LogP contribution in [0, 0.1) is 24.5 Å². The lowest BCUT2D eigenvalue weighted by molar-refractivity contribution is -0.120. The number of benzene rings is 2. The predicted molar refractivity (Wildman–Crippen MR) is 124 cm³/mol. The Hall–Kier alpha value is -2.54. The molecule has 12 heteroatoms. The van der Waals surface area contributed by atoms with Crippen LogP contribution in [0.2, 0.25) is 0 Å². The van der Waals surface area contributed by atoms with Crippen molar-refractivity contribution in [2.45, 2.75) is 24.7 Å². The van der Waals surface area contributed by atoms with Gasteiger partial charge in [-0.25, -0.2) is 27.2 Å². The van der Waals surface area contributed by atoms with Crippen LogP contribution in [0.15, 0.2) is 35.2 Å². The molecule has 1 amide bonds. The van der Waals surface area contributed by atoms with Gasteiger partial charge in [0, 0.05) is 19.0 Å². The van der Waals surface area contributed by atoms with Gasteiger partial charge in [0.2, 0.25) is 15.9 Å². The molecule has 1 aliphatic rings. The third-order valence-corrected chi connectivity index (χ3v) is 9.43. The summed E-state index contributed by atoms with van der Waals surface area (Å²) in [6.45, 7) is 2.16. The van der Waals surface area contributed by atoms with Crippen molar-refractivity contribution >= 4 is 64.2 Å². The fraction of sp³-hybridized carbons (Fsp3) is 0.286. The first-order valence-corrected chi connectivity index (χ1v) is 13.2. The van der Waals surface area contributed by atoms with E-state index < -0.39 is 21.7 Å². The number of aryl methyl sites for hydroxylation is 1. The van der Waals surface area contributed by atoms with Crippen molar-refractivity contribution in [2.75, 3.05) is 18.4 Å². The maximum atomic E-state index is 13.5. The van der Waals surface area contributed by atoms with Crippen LogP contribution in [0.5, 0.6) is 0 Å². The van der Waals surface area contributed by atoms with Gasteiger partial charge in [-0.15, -0.1) is 11.3 Å². The van der Waals surface area contributed by atoms with Crippen LogP contribution in [0.1, 0.15) is 17.8 Å². The normalized spacial score (nSPS) is 16.0. The molecule has 5 rings (SSSR count). The van der Waals surface area contributed by atoms with E-state index in [0.717, 1.165) is 37.6 Å². The third-order valence-electron chi connectivity index (χ3n) is 5.61. The van der Waals surface area contributed by atoms with Crippen molar-refractivity contribution in [1.29, 1.82) is 0 Å². The summed E-state index contributed by atoms with van der Waals surface area (Å²) in [7, 11) is -3.97. The van der Waals surface area contributed by atoms with Gasteiger partial charge in [-0.05, 0) is 50.1 Å². The van der Waals surface area contributed by atoms with Crippen LogP contribution < -0.4 is 5.32 Å². The number of anilines is 1. The molecule has 172 valence electrons. The molecule has 0 spiro atoms. The van der Waals surface area contributed by atoms with Crippen LogP contribution in [-0.2, 0) is 14.8 Å². The summed E-state index contributed by atoms with van der Waals surface area (Å²) >= 11 is 2.97. The SMILES string of the molecule is Cc1nc2c(ccc3nc(NC(=O)C4CCN(S(=O)(=O)c5ccc(F)c(F)c5)CC4)sc32)s1. The lowest BCUT2D eigenvalue weighted by Crippen LogP contribution is -2.41. The molecule has 33 heavy (non-hydrogen) atoms. The van der Waals surface area contributed by atoms with Crippen LogP contribution in [0.25, 0.3) is 20.4 Å². The molecule has 0 saturated carbocycles. The highest BCUT2D eigenvalue weighted by molar-refractivity contribution is 7.89. The standard InChI is InChI=1S/C21H18F2N4O3S3/c1-11-24-18-17(31-11)5-4-16-19(18)32-21(25-16)26-20(28)12-6-8-27(9-7-12)33(29,30)13-2-3-14(22)15(23)10-13/h2-5,10,12H,6-9H2,1H3,(H,25,26,28). The van der Waals surface area contributed by atoms with Crippen molar-refractivity contribution in [2.24, 2.45) is 5.92 Å². The predicted octanol–water partition coefficient (Wildman–Crippen LogP) is 4.53. The first kappa shape index (κ1) is 22.3. The summed E-state index contributed by atoms with van der Waals surface area (Å²) in [5.41, 5.74) is 1.64. The minimum absolute atomic E-state index is 0.109. The second-order valence-corrected chi connectivity index (χ2v) is 11.9. The topological polar surface area (TPSA) is 92.3 Å². The minimum atomic E-state index is -3.97. The van der Waals surface area contributed by atoms with Crippen LogP contribution >= 0.6 is 22.7 Å². The van der Waals surface area contributed by atoms with E-state index in [4.69, 9.17) is 0 Å². The highest BCUT2D eigenvalue weighted by Crippen LogP contribution is 2.35. The molecule has 2 aromatic heterocycles. The number of amides is 1. The number of carbonyl (C=O) groups excluding carboxylic acids is 1. The Morgan fingerprint density at radius 2 is 1.85 bits per heavy atom. The zero-order chi connectivity index (χ0) is 23.3. The van der Waals surface area contributed by atoms with Crippen molar-refractivity contribution in [3.63, 3.8) is 0 Å². The van der Waals surface area contributed by atoms with Crippen molar-refractivity contribution < 1.29 is 22.0 Å². The quantitative estimate of drug-likeness (QED) is 0.437. The molecule has 0 bridgehead atoms. The second-order valence-electron chi connectivity index (χ2n) is 7.76. The monoisotopic (exact) mass is 508 g/mol. The van der Waals surface area contributed by atoms with Gasteiger partial charge in [0.05, 0.1) is 24.8 Å². The molecule has 1 aliphatic heterocycles. The van der Waals surface area contributed by atoms with Gasteiger partial charge < -0.3 is 5.32 Å². The summed E-state index contributed by atoms with van der Waals surface area (Å²) < 4.78 is 55.3. The van der Waals surface area contributed by atoms with Crippen LogP contribution in [0.3, 0.4) is 0 Å². The highest BCUT2D eigenvalue weighted by Gasteiger charge is 2.33. The summed E-state index contributed by atoms with van der Waals surface area (Å²) in [5.74, 6) is -2.92. The molecule has 1 saturated heterocycles. The number of halogens is 2. The van der Waals surface area contributed by atoms with Crippen LogP contribution in [-0.4, -0.2) is 41.7 Å². The average molecular weight is 509 g/mol. The van der Waals surface area contributed by atoms with Crippen LogP contribution in [0.4, 0.5) is 13.9 Å². The molecule has 0 aliphatic carbocycles. The van der Waals surface area contributed by atoms with Gasteiger partial charge in [-0.2, -0.15) is 4.31 Å². The number of hydrogen-bond acceptors (Lipinski definition) is 7.